The van der Waals surface area contributed by atoms with Crippen molar-refractivity contribution in [1.82, 2.24) is 10.9 Å². The van der Waals surface area contributed by atoms with Crippen LogP contribution < -0.4 is 30.4 Å². The van der Waals surface area contributed by atoms with Crippen LogP contribution >= 0.6 is 12.2 Å². The lowest BCUT2D eigenvalue weighted by atomic mass is 10.1. The predicted molar refractivity (Wildman–Crippen MR) is 113 cm³/mol. The van der Waals surface area contributed by atoms with Crippen LogP contribution in [0.5, 0.6) is 17.2 Å². The molecule has 0 spiro atoms. The number of benzene rings is 2. The molecule has 0 saturated carbocycles. The van der Waals surface area contributed by atoms with E-state index in [1.54, 1.807) is 0 Å². The fourth-order valence-corrected chi connectivity index (χ4v) is 2.66. The average Bonchev–Trinajstić information content (AvgIpc) is 2.68. The van der Waals surface area contributed by atoms with E-state index >= 15 is 0 Å². The van der Waals surface area contributed by atoms with Crippen LogP contribution in [0.3, 0.4) is 0 Å². The molecule has 0 unspecified atom stereocenters. The van der Waals surface area contributed by atoms with Gasteiger partial charge in [-0.1, -0.05) is 0 Å². The zero-order valence-corrected chi connectivity index (χ0v) is 17.6. The van der Waals surface area contributed by atoms with Crippen LogP contribution in [0.25, 0.3) is 0 Å². The molecule has 0 fully saturated rings. The van der Waals surface area contributed by atoms with Crippen molar-refractivity contribution < 1.29 is 27.8 Å². The van der Waals surface area contributed by atoms with Crippen LogP contribution in [0, 0.1) is 11.6 Å². The number of anilines is 1. The molecule has 3 N–H and O–H groups in total. The zero-order chi connectivity index (χ0) is 22.1. The Bertz CT molecular complexity index is 864. The Morgan fingerprint density at radius 1 is 0.867 bits per heavy atom. The lowest BCUT2D eigenvalue weighted by Crippen LogP contribution is -2.43. The van der Waals surface area contributed by atoms with Crippen molar-refractivity contribution in [2.45, 2.75) is 20.8 Å². The van der Waals surface area contributed by atoms with Crippen molar-refractivity contribution >= 4 is 28.9 Å². The minimum Gasteiger partial charge on any atom is -0.490 e. The summed E-state index contributed by atoms with van der Waals surface area (Å²) in [5.41, 5.74) is 5.21. The van der Waals surface area contributed by atoms with Gasteiger partial charge in [-0.15, -0.1) is 0 Å². The number of thiocarbonyl (C=S) groups is 1. The van der Waals surface area contributed by atoms with Crippen molar-refractivity contribution in [3.63, 3.8) is 0 Å². The van der Waals surface area contributed by atoms with Gasteiger partial charge in [0.1, 0.15) is 11.6 Å². The molecule has 0 saturated heterocycles. The number of carbonyl (C=O) groups is 1. The van der Waals surface area contributed by atoms with Gasteiger partial charge in [0.2, 0.25) is 5.75 Å². The van der Waals surface area contributed by atoms with E-state index in [1.165, 1.54) is 12.1 Å². The summed E-state index contributed by atoms with van der Waals surface area (Å²) >= 11 is 5.03. The summed E-state index contributed by atoms with van der Waals surface area (Å²) in [6, 6.07) is 5.91. The summed E-state index contributed by atoms with van der Waals surface area (Å²) in [4.78, 5) is 12.6. The molecule has 0 atom stereocenters. The van der Waals surface area contributed by atoms with Crippen molar-refractivity contribution in [3.05, 3.63) is 47.5 Å². The number of hydrogen-bond acceptors (Lipinski definition) is 5. The van der Waals surface area contributed by atoms with Gasteiger partial charge in [0, 0.05) is 17.3 Å². The Balaban J connectivity index is 2.12. The van der Waals surface area contributed by atoms with E-state index in [4.69, 9.17) is 26.4 Å². The van der Waals surface area contributed by atoms with Gasteiger partial charge in [-0.3, -0.25) is 15.6 Å². The maximum atomic E-state index is 13.3. The fourth-order valence-electron chi connectivity index (χ4n) is 2.49. The molecule has 30 heavy (non-hydrogen) atoms. The molecule has 1 amide bonds. The largest absolute Gasteiger partial charge is 0.490 e. The highest BCUT2D eigenvalue weighted by Crippen LogP contribution is 2.39. The standard InChI is InChI=1S/C20H23F2N3O4S/c1-4-27-16-7-12(8-17(28-5-2)18(16)29-6-3)19(26)24-25-20(30)23-15-10-13(21)9-14(22)11-15/h7-11H,4-6H2,1-3H3,(H,24,26)(H2,23,25,30). The molecular formula is C20H23F2N3O4S. The first kappa shape index (κ1) is 23.1. The second-order valence-electron chi connectivity index (χ2n) is 5.79. The number of rotatable bonds is 8. The molecule has 2 aromatic rings. The third-order valence-corrected chi connectivity index (χ3v) is 3.79. The normalized spacial score (nSPS) is 10.2. The zero-order valence-electron chi connectivity index (χ0n) is 16.8. The molecule has 10 heteroatoms. The predicted octanol–water partition coefficient (Wildman–Crippen LogP) is 3.79. The number of halogens is 2. The maximum absolute atomic E-state index is 13.3. The third-order valence-electron chi connectivity index (χ3n) is 3.58. The number of hydrogen-bond donors (Lipinski definition) is 3. The Labute approximate surface area is 178 Å². The minimum atomic E-state index is -0.759. The number of nitrogens with one attached hydrogen (secondary N) is 3. The highest BCUT2D eigenvalue weighted by atomic mass is 32.1. The Hall–Kier alpha value is -3.14. The molecular weight excluding hydrogens is 416 g/mol. The molecule has 162 valence electrons. The summed E-state index contributed by atoms with van der Waals surface area (Å²) in [6.45, 7) is 6.58. The van der Waals surface area contributed by atoms with Crippen molar-refractivity contribution in [3.8, 4) is 17.2 Å². The molecule has 0 aliphatic carbocycles. The van der Waals surface area contributed by atoms with Crippen LogP contribution in [0.2, 0.25) is 0 Å². The van der Waals surface area contributed by atoms with E-state index in [0.29, 0.717) is 37.1 Å². The molecule has 7 nitrogen and oxygen atoms in total. The van der Waals surface area contributed by atoms with E-state index in [2.05, 4.69) is 16.2 Å². The Kier molecular flexibility index (Phi) is 8.60. The summed E-state index contributed by atoms with van der Waals surface area (Å²) < 4.78 is 43.3. The summed E-state index contributed by atoms with van der Waals surface area (Å²) in [5, 5.41) is 2.52. The molecule has 2 rings (SSSR count). The van der Waals surface area contributed by atoms with Crippen molar-refractivity contribution in [1.29, 1.82) is 0 Å². The van der Waals surface area contributed by atoms with Gasteiger partial charge >= 0.3 is 0 Å². The minimum absolute atomic E-state index is 0.0608. The molecule has 2 aromatic carbocycles. The monoisotopic (exact) mass is 439 g/mol. The second-order valence-corrected chi connectivity index (χ2v) is 6.20. The third kappa shape index (κ3) is 6.45. The van der Waals surface area contributed by atoms with Crippen LogP contribution in [-0.4, -0.2) is 30.8 Å². The molecule has 0 bridgehead atoms. The molecule has 0 heterocycles. The van der Waals surface area contributed by atoms with Crippen LogP contribution in [0.1, 0.15) is 31.1 Å². The van der Waals surface area contributed by atoms with Gasteiger partial charge in [-0.05, 0) is 57.3 Å². The SMILES string of the molecule is CCOc1cc(C(=O)NNC(=S)Nc2cc(F)cc(F)c2)cc(OCC)c1OCC. The highest BCUT2D eigenvalue weighted by Gasteiger charge is 2.18. The number of hydrazine groups is 1. The Morgan fingerprint density at radius 3 is 1.90 bits per heavy atom. The van der Waals surface area contributed by atoms with E-state index in [1.807, 2.05) is 20.8 Å². The van der Waals surface area contributed by atoms with E-state index in [9.17, 15) is 13.6 Å². The van der Waals surface area contributed by atoms with E-state index in [0.717, 1.165) is 18.2 Å². The molecule has 0 aliphatic heterocycles. The van der Waals surface area contributed by atoms with E-state index < -0.39 is 17.5 Å². The second kappa shape index (κ2) is 11.1. The van der Waals surface area contributed by atoms with Gasteiger partial charge in [0.05, 0.1) is 19.8 Å². The highest BCUT2D eigenvalue weighted by molar-refractivity contribution is 7.80. The van der Waals surface area contributed by atoms with Crippen LogP contribution in [0.15, 0.2) is 30.3 Å². The first-order valence-corrected chi connectivity index (χ1v) is 9.68. The molecule has 0 aliphatic rings. The maximum Gasteiger partial charge on any atom is 0.269 e. The van der Waals surface area contributed by atoms with Crippen LogP contribution in [-0.2, 0) is 0 Å². The van der Waals surface area contributed by atoms with Crippen molar-refractivity contribution in [2.75, 3.05) is 25.1 Å². The van der Waals surface area contributed by atoms with Gasteiger partial charge in [0.15, 0.2) is 16.6 Å². The molecule has 0 aromatic heterocycles. The first-order valence-electron chi connectivity index (χ1n) is 9.27. The van der Waals surface area contributed by atoms with Gasteiger partial charge in [-0.25, -0.2) is 8.78 Å². The topological polar surface area (TPSA) is 80.9 Å². The number of amides is 1. The van der Waals surface area contributed by atoms with Crippen molar-refractivity contribution in [2.24, 2.45) is 0 Å². The lowest BCUT2D eigenvalue weighted by molar-refractivity contribution is 0.0943. The van der Waals surface area contributed by atoms with Gasteiger partial charge < -0.3 is 19.5 Å². The summed E-state index contributed by atoms with van der Waals surface area (Å²) in [7, 11) is 0. The van der Waals surface area contributed by atoms with Gasteiger partial charge in [-0.2, -0.15) is 0 Å². The number of carbonyl (C=O) groups excluding carboxylic acids is 1. The lowest BCUT2D eigenvalue weighted by Gasteiger charge is -2.17. The number of ether oxygens (including phenoxy) is 3. The fraction of sp³-hybridized carbons (Fsp3) is 0.300. The van der Waals surface area contributed by atoms with Gasteiger partial charge in [0.25, 0.3) is 5.91 Å². The smallest absolute Gasteiger partial charge is 0.269 e. The quantitative estimate of drug-likeness (QED) is 0.427. The van der Waals surface area contributed by atoms with Crippen LogP contribution in [0.4, 0.5) is 14.5 Å². The first-order chi connectivity index (χ1) is 14.4. The Morgan fingerprint density at radius 2 is 1.40 bits per heavy atom. The summed E-state index contributed by atoms with van der Waals surface area (Å²) in [6.07, 6.45) is 0. The molecule has 0 radical (unpaired) electrons. The average molecular weight is 439 g/mol. The summed E-state index contributed by atoms with van der Waals surface area (Å²) in [5.74, 6) is -0.903. The van der Waals surface area contributed by atoms with E-state index in [-0.39, 0.29) is 16.4 Å².